The molecule has 130 valence electrons. The number of hydrogen-bond donors (Lipinski definition) is 1. The lowest BCUT2D eigenvalue weighted by molar-refractivity contribution is 0.153. The number of thioether (sulfide) groups is 1. The van der Waals surface area contributed by atoms with Crippen molar-refractivity contribution in [2.45, 2.75) is 23.2 Å². The maximum Gasteiger partial charge on any atom is 0.288 e. The van der Waals surface area contributed by atoms with Crippen molar-refractivity contribution in [1.82, 2.24) is 15.2 Å². The fraction of sp³-hybridized carbons (Fsp3) is 0.353. The first-order valence-electron chi connectivity index (χ1n) is 7.61. The largest absolute Gasteiger partial charge is 0.314 e. The maximum atomic E-state index is 12.4. The van der Waals surface area contributed by atoms with E-state index in [-0.39, 0.29) is 12.4 Å². The zero-order chi connectivity index (χ0) is 16.1. The molecule has 7 heteroatoms. The van der Waals surface area contributed by atoms with E-state index in [2.05, 4.69) is 15.2 Å². The van der Waals surface area contributed by atoms with E-state index in [1.54, 1.807) is 12.1 Å². The van der Waals surface area contributed by atoms with Crippen LogP contribution in [0.5, 0.6) is 0 Å². The van der Waals surface area contributed by atoms with Crippen LogP contribution in [0.15, 0.2) is 53.7 Å². The molecule has 3 nitrogen and oxygen atoms in total. The second-order valence-corrected chi connectivity index (χ2v) is 6.56. The first kappa shape index (κ1) is 19.1. The monoisotopic (exact) mass is 371 g/mol. The van der Waals surface area contributed by atoms with Crippen molar-refractivity contribution in [2.75, 3.05) is 19.6 Å². The molecule has 0 bridgehead atoms. The molecule has 1 saturated heterocycles. The van der Waals surface area contributed by atoms with E-state index in [4.69, 9.17) is 0 Å². The van der Waals surface area contributed by atoms with Gasteiger partial charge in [0.15, 0.2) is 0 Å². The predicted molar refractivity (Wildman–Crippen MR) is 95.8 cm³/mol. The van der Waals surface area contributed by atoms with Crippen LogP contribution in [0.25, 0.3) is 0 Å². The summed E-state index contributed by atoms with van der Waals surface area (Å²) in [4.78, 5) is 7.10. The van der Waals surface area contributed by atoms with Gasteiger partial charge < -0.3 is 5.32 Å². The van der Waals surface area contributed by atoms with Crippen molar-refractivity contribution in [3.8, 4) is 0 Å². The summed E-state index contributed by atoms with van der Waals surface area (Å²) in [6, 6.07) is 11.8. The molecule has 24 heavy (non-hydrogen) atoms. The van der Waals surface area contributed by atoms with Crippen molar-refractivity contribution in [3.63, 3.8) is 0 Å². The number of aromatic nitrogens is 1. The van der Waals surface area contributed by atoms with Crippen LogP contribution in [0.4, 0.5) is 8.78 Å². The fourth-order valence-corrected chi connectivity index (χ4v) is 3.36. The molecule has 1 aliphatic rings. The third kappa shape index (κ3) is 5.14. The Morgan fingerprint density at radius 1 is 1.17 bits per heavy atom. The Morgan fingerprint density at radius 2 is 1.88 bits per heavy atom. The highest BCUT2D eigenvalue weighted by atomic mass is 35.5. The Bertz CT molecular complexity index is 613. The van der Waals surface area contributed by atoms with Gasteiger partial charge in [-0.05, 0) is 35.4 Å². The summed E-state index contributed by atoms with van der Waals surface area (Å²) >= 11 is 0.587. The summed E-state index contributed by atoms with van der Waals surface area (Å²) in [6.07, 6.45) is 3.64. The molecule has 0 saturated carbocycles. The van der Waals surface area contributed by atoms with E-state index in [1.807, 2.05) is 36.7 Å². The fourth-order valence-electron chi connectivity index (χ4n) is 2.86. The van der Waals surface area contributed by atoms with Crippen molar-refractivity contribution in [3.05, 3.63) is 59.9 Å². The minimum Gasteiger partial charge on any atom is -0.314 e. The molecular weight excluding hydrogens is 352 g/mol. The van der Waals surface area contributed by atoms with Crippen LogP contribution in [-0.2, 0) is 6.54 Å². The van der Waals surface area contributed by atoms with Crippen LogP contribution < -0.4 is 5.32 Å². The highest BCUT2D eigenvalue weighted by molar-refractivity contribution is 7.99. The Morgan fingerprint density at radius 3 is 2.54 bits per heavy atom. The van der Waals surface area contributed by atoms with E-state index in [0.717, 1.165) is 31.7 Å². The molecule has 1 N–H and O–H groups in total. The number of alkyl halides is 2. The van der Waals surface area contributed by atoms with Gasteiger partial charge in [0.25, 0.3) is 5.76 Å². The highest BCUT2D eigenvalue weighted by Gasteiger charge is 2.23. The molecule has 0 radical (unpaired) electrons. The first-order valence-corrected chi connectivity index (χ1v) is 8.49. The molecule has 0 amide bonds. The predicted octanol–water partition coefficient (Wildman–Crippen LogP) is 3.96. The molecule has 2 aromatic rings. The lowest BCUT2D eigenvalue weighted by atomic mass is 10.0. The van der Waals surface area contributed by atoms with Crippen molar-refractivity contribution in [1.29, 1.82) is 0 Å². The minimum absolute atomic E-state index is 0. The van der Waals surface area contributed by atoms with E-state index in [0.29, 0.717) is 22.7 Å². The second-order valence-electron chi connectivity index (χ2n) is 5.49. The van der Waals surface area contributed by atoms with Gasteiger partial charge in [-0.15, -0.1) is 12.4 Å². The number of rotatable bonds is 5. The van der Waals surface area contributed by atoms with E-state index >= 15 is 0 Å². The van der Waals surface area contributed by atoms with Crippen LogP contribution in [-0.4, -0.2) is 35.3 Å². The van der Waals surface area contributed by atoms with E-state index in [9.17, 15) is 8.78 Å². The topological polar surface area (TPSA) is 28.2 Å². The van der Waals surface area contributed by atoms with Gasteiger partial charge in [0.05, 0.1) is 0 Å². The van der Waals surface area contributed by atoms with Gasteiger partial charge in [0.1, 0.15) is 0 Å². The molecule has 1 aromatic heterocycles. The summed E-state index contributed by atoms with van der Waals surface area (Å²) in [7, 11) is 0. The van der Waals surface area contributed by atoms with Crippen LogP contribution in [0.2, 0.25) is 0 Å². The number of hydrogen-bond acceptors (Lipinski definition) is 4. The smallest absolute Gasteiger partial charge is 0.288 e. The zero-order valence-electron chi connectivity index (χ0n) is 13.1. The number of benzene rings is 1. The number of nitrogens with zero attached hydrogens (tertiary/aromatic N) is 2. The number of piperazine rings is 1. The van der Waals surface area contributed by atoms with Crippen LogP contribution in [0, 0.1) is 0 Å². The van der Waals surface area contributed by atoms with Gasteiger partial charge in [0.2, 0.25) is 0 Å². The summed E-state index contributed by atoms with van der Waals surface area (Å²) in [6.45, 7) is 3.64. The molecule has 2 heterocycles. The SMILES string of the molecule is Cl.FC(F)Sc1ccc(CN2CCNCC2c2ccncc2)cc1. The number of pyridine rings is 1. The van der Waals surface area contributed by atoms with Gasteiger partial charge >= 0.3 is 0 Å². The molecular formula is C17H20ClF2N3S. The van der Waals surface area contributed by atoms with Gasteiger partial charge in [-0.3, -0.25) is 9.88 Å². The normalized spacial score (nSPS) is 18.4. The highest BCUT2D eigenvalue weighted by Crippen LogP contribution is 2.27. The summed E-state index contributed by atoms with van der Waals surface area (Å²) in [5.74, 6) is -2.37. The molecule has 3 rings (SSSR count). The minimum atomic E-state index is -2.37. The maximum absolute atomic E-state index is 12.4. The van der Waals surface area contributed by atoms with Gasteiger partial charge in [-0.1, -0.05) is 23.9 Å². The Kier molecular flexibility index (Phi) is 7.42. The van der Waals surface area contributed by atoms with Crippen molar-refractivity contribution < 1.29 is 8.78 Å². The molecule has 1 fully saturated rings. The lowest BCUT2D eigenvalue weighted by Crippen LogP contribution is -2.45. The summed E-state index contributed by atoms with van der Waals surface area (Å²) < 4.78 is 24.8. The van der Waals surface area contributed by atoms with Gasteiger partial charge in [0, 0.05) is 49.5 Å². The van der Waals surface area contributed by atoms with E-state index < -0.39 is 5.76 Å². The molecule has 1 atom stereocenters. The second kappa shape index (κ2) is 9.32. The lowest BCUT2D eigenvalue weighted by Gasteiger charge is -2.36. The first-order chi connectivity index (χ1) is 11.2. The van der Waals surface area contributed by atoms with Crippen LogP contribution in [0.1, 0.15) is 17.2 Å². The quantitative estimate of drug-likeness (QED) is 0.805. The average Bonchev–Trinajstić information content (AvgIpc) is 2.57. The molecule has 1 aliphatic heterocycles. The van der Waals surface area contributed by atoms with Gasteiger partial charge in [-0.25, -0.2) is 0 Å². The van der Waals surface area contributed by atoms with Crippen molar-refractivity contribution >= 4 is 24.2 Å². The number of nitrogens with one attached hydrogen (secondary N) is 1. The Balaban J connectivity index is 0.00000208. The molecule has 0 spiro atoms. The van der Waals surface area contributed by atoms with Crippen molar-refractivity contribution in [2.24, 2.45) is 0 Å². The average molecular weight is 372 g/mol. The summed E-state index contributed by atoms with van der Waals surface area (Å²) in [5.41, 5.74) is 2.39. The standard InChI is InChI=1S/C17H19F2N3S.ClH/c18-17(19)23-15-3-1-13(2-4-15)12-22-10-9-21-11-16(22)14-5-7-20-8-6-14;/h1-8,16-17,21H,9-12H2;1H. The van der Waals surface area contributed by atoms with Crippen LogP contribution in [0.3, 0.4) is 0 Å². The molecule has 0 aliphatic carbocycles. The third-order valence-corrected chi connectivity index (χ3v) is 4.70. The Labute approximate surface area is 151 Å². The molecule has 1 aromatic carbocycles. The molecule has 1 unspecified atom stereocenters. The van der Waals surface area contributed by atoms with Gasteiger partial charge in [-0.2, -0.15) is 8.78 Å². The number of halogens is 3. The summed E-state index contributed by atoms with van der Waals surface area (Å²) in [5, 5.41) is 3.43. The Hall–Kier alpha value is -1.21. The third-order valence-electron chi connectivity index (χ3n) is 3.98. The zero-order valence-corrected chi connectivity index (χ0v) is 14.7. The van der Waals surface area contributed by atoms with E-state index in [1.165, 1.54) is 5.56 Å². The van der Waals surface area contributed by atoms with Crippen LogP contribution >= 0.6 is 24.2 Å².